The predicted octanol–water partition coefficient (Wildman–Crippen LogP) is 3.19. The van der Waals surface area contributed by atoms with Gasteiger partial charge in [-0.25, -0.2) is 13.4 Å². The van der Waals surface area contributed by atoms with Crippen molar-refractivity contribution in [2.75, 3.05) is 65.3 Å². The van der Waals surface area contributed by atoms with E-state index in [0.717, 1.165) is 16.9 Å². The number of aliphatic hydroxyl groups is 1. The van der Waals surface area contributed by atoms with Crippen molar-refractivity contribution in [3.8, 4) is 11.1 Å². The highest BCUT2D eigenvalue weighted by Gasteiger charge is 2.28. The number of benzene rings is 2. The standard InChI is InChI=1S/C33H36N6O5S/c1-36(2)24-7-9-27-22(17-24)11-12-39(32(27)41)30-6-4-5-26(28(30)21-40)23-18-29(33(42)37(3)20-23)35-31-10-8-25(19-34-31)38-13-15-45(43,44)16-14-38/h4-10,17-20,40H,11-16,21H2,1-3H3,(H,34,35). The molecule has 12 heteroatoms. The fourth-order valence-electron chi connectivity index (χ4n) is 5.95. The van der Waals surface area contributed by atoms with Gasteiger partial charge in [0.25, 0.3) is 11.5 Å². The molecule has 6 rings (SSSR count). The van der Waals surface area contributed by atoms with Crippen molar-refractivity contribution in [1.29, 1.82) is 0 Å². The lowest BCUT2D eigenvalue weighted by Crippen LogP contribution is -2.40. The maximum atomic E-state index is 13.7. The second-order valence-corrected chi connectivity index (χ2v) is 13.9. The predicted molar refractivity (Wildman–Crippen MR) is 178 cm³/mol. The lowest BCUT2D eigenvalue weighted by Gasteiger charge is -2.31. The molecular formula is C33H36N6O5S. The van der Waals surface area contributed by atoms with Crippen molar-refractivity contribution < 1.29 is 18.3 Å². The first-order valence-electron chi connectivity index (χ1n) is 14.8. The Morgan fingerprint density at radius 1 is 0.978 bits per heavy atom. The summed E-state index contributed by atoms with van der Waals surface area (Å²) in [7, 11) is 2.61. The van der Waals surface area contributed by atoms with Gasteiger partial charge in [0.15, 0.2) is 9.84 Å². The second kappa shape index (κ2) is 12.0. The molecule has 0 unspecified atom stereocenters. The fraction of sp³-hybridized carbons (Fsp3) is 0.303. The molecule has 11 nitrogen and oxygen atoms in total. The average Bonchev–Trinajstić information content (AvgIpc) is 3.03. The number of sulfone groups is 1. The summed E-state index contributed by atoms with van der Waals surface area (Å²) in [6, 6.07) is 16.8. The van der Waals surface area contributed by atoms with Gasteiger partial charge in [-0.15, -0.1) is 0 Å². The third-order valence-electron chi connectivity index (χ3n) is 8.50. The minimum absolute atomic E-state index is 0.114. The van der Waals surface area contributed by atoms with Crippen molar-refractivity contribution in [3.63, 3.8) is 0 Å². The van der Waals surface area contributed by atoms with Gasteiger partial charge in [-0.1, -0.05) is 12.1 Å². The fourth-order valence-corrected chi connectivity index (χ4v) is 7.15. The second-order valence-electron chi connectivity index (χ2n) is 11.6. The number of aliphatic hydroxyl groups excluding tert-OH is 1. The summed E-state index contributed by atoms with van der Waals surface area (Å²) in [5.74, 6) is 0.577. The number of nitrogens with one attached hydrogen (secondary N) is 1. The Hall–Kier alpha value is -4.68. The summed E-state index contributed by atoms with van der Waals surface area (Å²) < 4.78 is 25.0. The molecule has 2 aliphatic rings. The van der Waals surface area contributed by atoms with E-state index in [1.54, 1.807) is 36.5 Å². The number of amides is 1. The number of nitrogens with zero attached hydrogens (tertiary/aromatic N) is 5. The Labute approximate surface area is 262 Å². The van der Waals surface area contributed by atoms with Crippen LogP contribution >= 0.6 is 0 Å². The van der Waals surface area contributed by atoms with Crippen LogP contribution in [0.5, 0.6) is 0 Å². The van der Waals surface area contributed by atoms with Crippen molar-refractivity contribution >= 4 is 44.3 Å². The lowest BCUT2D eigenvalue weighted by atomic mass is 9.94. The molecule has 0 saturated carbocycles. The Morgan fingerprint density at radius 3 is 2.44 bits per heavy atom. The highest BCUT2D eigenvalue weighted by Crippen LogP contribution is 2.35. The number of anilines is 5. The first kappa shape index (κ1) is 30.4. The van der Waals surface area contributed by atoms with E-state index in [9.17, 15) is 23.1 Å². The summed E-state index contributed by atoms with van der Waals surface area (Å²) in [5, 5.41) is 13.7. The molecule has 0 bridgehead atoms. The van der Waals surface area contributed by atoms with E-state index in [-0.39, 0.29) is 29.6 Å². The highest BCUT2D eigenvalue weighted by molar-refractivity contribution is 7.91. The normalized spacial score (nSPS) is 16.0. The van der Waals surface area contributed by atoms with Gasteiger partial charge < -0.3 is 29.7 Å². The van der Waals surface area contributed by atoms with Crippen molar-refractivity contribution in [1.82, 2.24) is 9.55 Å². The van der Waals surface area contributed by atoms with Crippen LogP contribution in [-0.2, 0) is 29.9 Å². The van der Waals surface area contributed by atoms with Crippen LogP contribution in [0.1, 0.15) is 21.5 Å². The van der Waals surface area contributed by atoms with E-state index in [4.69, 9.17) is 0 Å². The average molecular weight is 629 g/mol. The first-order chi connectivity index (χ1) is 21.5. The SMILES string of the molecule is CN(C)c1ccc2c(c1)CCN(c1cccc(-c3cc(Nc4ccc(N5CCS(=O)(=O)CC5)cn4)c(=O)n(C)c3)c1CO)C2=O. The molecule has 2 N–H and O–H groups in total. The van der Waals surface area contributed by atoms with Gasteiger partial charge in [0, 0.05) is 69.4 Å². The molecule has 0 radical (unpaired) electrons. The monoisotopic (exact) mass is 628 g/mol. The number of carbonyl (C=O) groups is 1. The molecule has 1 fully saturated rings. The summed E-state index contributed by atoms with van der Waals surface area (Å²) in [6.45, 7) is 1.01. The number of aryl methyl sites for hydroxylation is 1. The summed E-state index contributed by atoms with van der Waals surface area (Å²) in [4.78, 5) is 37.0. The number of fused-ring (bicyclic) bond motifs is 1. The van der Waals surface area contributed by atoms with Gasteiger partial charge in [0.2, 0.25) is 0 Å². The van der Waals surface area contributed by atoms with Gasteiger partial charge in [0.05, 0.1) is 35.7 Å². The number of pyridine rings is 2. The third kappa shape index (κ3) is 6.03. The zero-order valence-electron chi connectivity index (χ0n) is 25.5. The van der Waals surface area contributed by atoms with Crippen molar-refractivity contribution in [3.05, 3.63) is 94.0 Å². The van der Waals surface area contributed by atoms with E-state index in [1.165, 1.54) is 4.57 Å². The number of rotatable bonds is 7. The zero-order chi connectivity index (χ0) is 31.9. The maximum absolute atomic E-state index is 13.7. The van der Waals surface area contributed by atoms with Gasteiger partial charge >= 0.3 is 0 Å². The Kier molecular flexibility index (Phi) is 8.10. The van der Waals surface area contributed by atoms with Crippen LogP contribution in [-0.4, -0.2) is 74.2 Å². The Bertz CT molecular complexity index is 1920. The van der Waals surface area contributed by atoms with Gasteiger partial charge in [-0.3, -0.25) is 9.59 Å². The third-order valence-corrected chi connectivity index (χ3v) is 10.1. The molecule has 1 amide bonds. The quantitative estimate of drug-likeness (QED) is 0.317. The maximum Gasteiger partial charge on any atom is 0.274 e. The molecule has 2 aromatic carbocycles. The first-order valence-corrected chi connectivity index (χ1v) is 16.6. The van der Waals surface area contributed by atoms with Crippen LogP contribution in [0.4, 0.5) is 28.6 Å². The molecule has 4 heterocycles. The largest absolute Gasteiger partial charge is 0.392 e. The molecule has 4 aromatic rings. The summed E-state index contributed by atoms with van der Waals surface area (Å²) in [5.41, 5.74) is 6.18. The number of carbonyl (C=O) groups excluding carboxylic acids is 1. The molecule has 1 saturated heterocycles. The number of hydrogen-bond acceptors (Lipinski definition) is 9. The van der Waals surface area contributed by atoms with Crippen LogP contribution in [0.15, 0.2) is 71.8 Å². The van der Waals surface area contributed by atoms with E-state index in [0.29, 0.717) is 65.5 Å². The Morgan fingerprint density at radius 2 is 1.76 bits per heavy atom. The number of aromatic nitrogens is 2. The minimum atomic E-state index is -2.99. The van der Waals surface area contributed by atoms with E-state index < -0.39 is 9.84 Å². The summed E-state index contributed by atoms with van der Waals surface area (Å²) >= 11 is 0. The highest BCUT2D eigenvalue weighted by atomic mass is 32.2. The van der Waals surface area contributed by atoms with Crippen LogP contribution in [0.2, 0.25) is 0 Å². The minimum Gasteiger partial charge on any atom is -0.392 e. The van der Waals surface area contributed by atoms with Gasteiger partial charge in [-0.05, 0) is 60.0 Å². The lowest BCUT2D eigenvalue weighted by molar-refractivity contribution is 0.0980. The van der Waals surface area contributed by atoms with Crippen LogP contribution in [0, 0.1) is 0 Å². The molecule has 45 heavy (non-hydrogen) atoms. The molecule has 2 aromatic heterocycles. The van der Waals surface area contributed by atoms with Gasteiger partial charge in [0.1, 0.15) is 11.5 Å². The van der Waals surface area contributed by atoms with Crippen LogP contribution in [0.25, 0.3) is 11.1 Å². The summed E-state index contributed by atoms with van der Waals surface area (Å²) in [6.07, 6.45) is 4.06. The molecule has 2 aliphatic heterocycles. The smallest absolute Gasteiger partial charge is 0.274 e. The molecule has 0 aliphatic carbocycles. The Balaban J connectivity index is 1.28. The molecular weight excluding hydrogens is 592 g/mol. The van der Waals surface area contributed by atoms with Crippen molar-refractivity contribution in [2.45, 2.75) is 13.0 Å². The van der Waals surface area contributed by atoms with E-state index >= 15 is 0 Å². The van der Waals surface area contributed by atoms with E-state index in [2.05, 4.69) is 16.4 Å². The number of hydrogen-bond donors (Lipinski definition) is 2. The zero-order valence-corrected chi connectivity index (χ0v) is 26.3. The molecule has 234 valence electrons. The van der Waals surface area contributed by atoms with Gasteiger partial charge in [-0.2, -0.15) is 0 Å². The topological polar surface area (TPSA) is 128 Å². The molecule has 0 spiro atoms. The van der Waals surface area contributed by atoms with Crippen LogP contribution in [0.3, 0.4) is 0 Å². The van der Waals surface area contributed by atoms with Crippen molar-refractivity contribution in [2.24, 2.45) is 7.05 Å². The van der Waals surface area contributed by atoms with Crippen LogP contribution < -0.4 is 25.6 Å². The molecule has 0 atom stereocenters. The van der Waals surface area contributed by atoms with E-state index in [1.807, 2.05) is 60.3 Å².